The van der Waals surface area contributed by atoms with Gasteiger partial charge < -0.3 is 15.0 Å². The van der Waals surface area contributed by atoms with Gasteiger partial charge in [-0.3, -0.25) is 9.78 Å². The number of carbonyl (C=O) groups excluding carboxylic acids is 2. The van der Waals surface area contributed by atoms with Gasteiger partial charge in [-0.15, -0.1) is 11.8 Å². The number of hydrogen-bond acceptors (Lipinski definition) is 5. The van der Waals surface area contributed by atoms with Gasteiger partial charge in [0.15, 0.2) is 0 Å². The number of carbonyl (C=O) groups is 2. The molecule has 6 nitrogen and oxygen atoms in total. The fourth-order valence-corrected chi connectivity index (χ4v) is 2.35. The Kier molecular flexibility index (Phi) is 7.88. The quantitative estimate of drug-likeness (QED) is 0.825. The Morgan fingerprint density at radius 1 is 1.35 bits per heavy atom. The average molecular weight is 339 g/mol. The van der Waals surface area contributed by atoms with Gasteiger partial charge >= 0.3 is 6.09 Å². The second-order valence-electron chi connectivity index (χ2n) is 6.07. The highest BCUT2D eigenvalue weighted by Crippen LogP contribution is 2.09. The zero-order chi connectivity index (χ0) is 17.3. The van der Waals surface area contributed by atoms with Gasteiger partial charge in [-0.05, 0) is 32.9 Å². The Hall–Kier alpha value is -1.76. The molecule has 128 valence electrons. The van der Waals surface area contributed by atoms with Crippen molar-refractivity contribution in [3.05, 3.63) is 30.1 Å². The zero-order valence-electron chi connectivity index (χ0n) is 14.2. The number of aromatic nitrogens is 1. The molecule has 23 heavy (non-hydrogen) atoms. The van der Waals surface area contributed by atoms with E-state index >= 15 is 0 Å². The minimum atomic E-state index is -0.517. The number of hydrogen-bond donors (Lipinski definition) is 1. The first-order valence-corrected chi connectivity index (χ1v) is 8.62. The van der Waals surface area contributed by atoms with Crippen molar-refractivity contribution in [3.63, 3.8) is 0 Å². The van der Waals surface area contributed by atoms with E-state index in [1.54, 1.807) is 13.2 Å². The van der Waals surface area contributed by atoms with Gasteiger partial charge in [0.1, 0.15) is 5.60 Å². The third-order valence-corrected chi connectivity index (χ3v) is 3.65. The van der Waals surface area contributed by atoms with Gasteiger partial charge in [0.25, 0.3) is 0 Å². The highest BCUT2D eigenvalue weighted by molar-refractivity contribution is 7.99. The van der Waals surface area contributed by atoms with Crippen LogP contribution in [0, 0.1) is 0 Å². The highest BCUT2D eigenvalue weighted by atomic mass is 32.2. The number of nitrogens with one attached hydrogen (secondary N) is 1. The van der Waals surface area contributed by atoms with E-state index in [0.29, 0.717) is 24.6 Å². The molecule has 0 aromatic carbocycles. The van der Waals surface area contributed by atoms with E-state index in [2.05, 4.69) is 10.3 Å². The number of thioether (sulfide) groups is 1. The van der Waals surface area contributed by atoms with Gasteiger partial charge in [0.2, 0.25) is 5.91 Å². The second kappa shape index (κ2) is 9.39. The lowest BCUT2D eigenvalue weighted by Crippen LogP contribution is -2.39. The molecule has 1 N–H and O–H groups in total. The van der Waals surface area contributed by atoms with E-state index in [1.807, 2.05) is 39.0 Å². The van der Waals surface area contributed by atoms with Crippen molar-refractivity contribution < 1.29 is 14.3 Å². The van der Waals surface area contributed by atoms with E-state index in [4.69, 9.17) is 4.74 Å². The molecule has 0 aliphatic rings. The predicted molar refractivity (Wildman–Crippen MR) is 92.3 cm³/mol. The Balaban J connectivity index is 2.15. The number of pyridine rings is 1. The molecule has 0 aliphatic heterocycles. The first-order valence-electron chi connectivity index (χ1n) is 7.46. The van der Waals surface area contributed by atoms with Crippen molar-refractivity contribution in [2.24, 2.45) is 0 Å². The largest absolute Gasteiger partial charge is 0.444 e. The molecule has 0 saturated carbocycles. The monoisotopic (exact) mass is 339 g/mol. The Bertz CT molecular complexity index is 503. The first-order chi connectivity index (χ1) is 10.8. The lowest BCUT2D eigenvalue weighted by atomic mass is 10.2. The summed E-state index contributed by atoms with van der Waals surface area (Å²) in [6.07, 6.45) is 1.35. The predicted octanol–water partition coefficient (Wildman–Crippen LogP) is 2.30. The molecule has 0 saturated heterocycles. The van der Waals surface area contributed by atoms with E-state index in [0.717, 1.165) is 5.69 Å². The maximum atomic E-state index is 11.7. The number of rotatable bonds is 7. The normalized spacial score (nSPS) is 11.0. The molecule has 0 aliphatic carbocycles. The number of nitrogens with zero attached hydrogens (tertiary/aromatic N) is 2. The minimum absolute atomic E-state index is 0.0523. The maximum Gasteiger partial charge on any atom is 0.410 e. The molecule has 2 amide bonds. The summed E-state index contributed by atoms with van der Waals surface area (Å²) in [6.45, 7) is 6.27. The van der Waals surface area contributed by atoms with Gasteiger partial charge in [-0.25, -0.2) is 4.79 Å². The van der Waals surface area contributed by atoms with Crippen LogP contribution in [0.4, 0.5) is 4.79 Å². The Morgan fingerprint density at radius 3 is 2.70 bits per heavy atom. The van der Waals surface area contributed by atoms with Crippen LogP contribution in [0.1, 0.15) is 26.5 Å². The third kappa shape index (κ3) is 9.07. The van der Waals surface area contributed by atoms with Gasteiger partial charge in [-0.2, -0.15) is 0 Å². The first kappa shape index (κ1) is 19.3. The van der Waals surface area contributed by atoms with Crippen molar-refractivity contribution in [3.8, 4) is 0 Å². The lowest BCUT2D eigenvalue weighted by molar-refractivity contribution is -0.118. The molecular weight excluding hydrogens is 314 g/mol. The molecule has 0 radical (unpaired) electrons. The summed E-state index contributed by atoms with van der Waals surface area (Å²) in [5.74, 6) is 1.02. The summed E-state index contributed by atoms with van der Waals surface area (Å²) in [5, 5.41) is 2.79. The standard InChI is InChI=1S/C16H25N3O3S/c1-16(2,3)22-15(21)19(4)10-9-18-14(20)12-23-11-13-7-5-6-8-17-13/h5-8H,9-12H2,1-4H3,(H,18,20). The van der Waals surface area contributed by atoms with Crippen molar-refractivity contribution in [1.82, 2.24) is 15.2 Å². The van der Waals surface area contributed by atoms with Crippen molar-refractivity contribution in [2.45, 2.75) is 32.1 Å². The maximum absolute atomic E-state index is 11.7. The second-order valence-corrected chi connectivity index (χ2v) is 7.05. The van der Waals surface area contributed by atoms with E-state index in [1.165, 1.54) is 16.7 Å². The molecule has 1 heterocycles. The molecule has 1 rings (SSSR count). The Morgan fingerprint density at radius 2 is 2.09 bits per heavy atom. The van der Waals surface area contributed by atoms with Crippen LogP contribution in [-0.4, -0.2) is 53.4 Å². The van der Waals surface area contributed by atoms with Crippen molar-refractivity contribution in [2.75, 3.05) is 25.9 Å². The molecule has 0 spiro atoms. The fraction of sp³-hybridized carbons (Fsp3) is 0.562. The molecule has 1 aromatic heterocycles. The van der Waals surface area contributed by atoms with Gasteiger partial charge in [0, 0.05) is 32.1 Å². The zero-order valence-corrected chi connectivity index (χ0v) is 15.0. The summed E-state index contributed by atoms with van der Waals surface area (Å²) in [7, 11) is 1.65. The van der Waals surface area contributed by atoms with E-state index in [9.17, 15) is 9.59 Å². The van der Waals surface area contributed by atoms with E-state index < -0.39 is 11.7 Å². The minimum Gasteiger partial charge on any atom is -0.444 e. The summed E-state index contributed by atoms with van der Waals surface area (Å²) in [6, 6.07) is 5.72. The fourth-order valence-electron chi connectivity index (χ4n) is 1.58. The van der Waals surface area contributed by atoms with Crippen LogP contribution in [0.25, 0.3) is 0 Å². The molecule has 7 heteroatoms. The van der Waals surface area contributed by atoms with Crippen LogP contribution in [0.5, 0.6) is 0 Å². The van der Waals surface area contributed by atoms with Crippen molar-refractivity contribution >= 4 is 23.8 Å². The molecular formula is C16H25N3O3S. The van der Waals surface area contributed by atoms with Crippen LogP contribution >= 0.6 is 11.8 Å². The Labute approximate surface area is 142 Å². The summed E-state index contributed by atoms with van der Waals surface area (Å²) < 4.78 is 5.23. The van der Waals surface area contributed by atoms with Crippen LogP contribution in [0.15, 0.2) is 24.4 Å². The molecule has 0 unspecified atom stereocenters. The smallest absolute Gasteiger partial charge is 0.410 e. The van der Waals surface area contributed by atoms with Crippen LogP contribution < -0.4 is 5.32 Å². The number of ether oxygens (including phenoxy) is 1. The topological polar surface area (TPSA) is 71.5 Å². The summed E-state index contributed by atoms with van der Waals surface area (Å²) >= 11 is 1.51. The van der Waals surface area contributed by atoms with E-state index in [-0.39, 0.29) is 5.91 Å². The van der Waals surface area contributed by atoms with Crippen molar-refractivity contribution in [1.29, 1.82) is 0 Å². The molecule has 0 atom stereocenters. The molecule has 0 fully saturated rings. The molecule has 0 bridgehead atoms. The SMILES string of the molecule is CN(CCNC(=O)CSCc1ccccn1)C(=O)OC(C)(C)C. The van der Waals surface area contributed by atoms with Crippen LogP contribution in [0.2, 0.25) is 0 Å². The highest BCUT2D eigenvalue weighted by Gasteiger charge is 2.19. The summed E-state index contributed by atoms with van der Waals surface area (Å²) in [5.41, 5.74) is 0.437. The summed E-state index contributed by atoms with van der Waals surface area (Å²) in [4.78, 5) is 29.1. The molecule has 1 aromatic rings. The number of likely N-dealkylation sites (N-methyl/N-ethyl adjacent to an activating group) is 1. The average Bonchev–Trinajstić information content (AvgIpc) is 2.46. The lowest BCUT2D eigenvalue weighted by Gasteiger charge is -2.24. The van der Waals surface area contributed by atoms with Gasteiger partial charge in [0.05, 0.1) is 11.4 Å². The van der Waals surface area contributed by atoms with Gasteiger partial charge in [-0.1, -0.05) is 6.07 Å². The third-order valence-electron chi connectivity index (χ3n) is 2.68. The van der Waals surface area contributed by atoms with Crippen LogP contribution in [-0.2, 0) is 15.3 Å². The van der Waals surface area contributed by atoms with Crippen LogP contribution in [0.3, 0.4) is 0 Å². The number of amides is 2.